The fraction of sp³-hybridized carbons (Fsp3) is 0.381. The van der Waals surface area contributed by atoms with Gasteiger partial charge in [-0.05, 0) is 56.0 Å². The van der Waals surface area contributed by atoms with Crippen molar-refractivity contribution in [1.29, 1.82) is 0 Å². The number of carbonyl (C=O) groups excluding carboxylic acids is 1. The van der Waals surface area contributed by atoms with Gasteiger partial charge in [-0.1, -0.05) is 13.0 Å². The van der Waals surface area contributed by atoms with Gasteiger partial charge in [0.15, 0.2) is 0 Å². The molecule has 1 aliphatic rings. The van der Waals surface area contributed by atoms with Crippen LogP contribution in [0, 0.1) is 16.0 Å². The molecule has 2 aromatic rings. The minimum Gasteiger partial charge on any atom is -0.374 e. The Morgan fingerprint density at radius 2 is 1.82 bits per heavy atom. The van der Waals surface area contributed by atoms with Crippen molar-refractivity contribution in [3.8, 4) is 0 Å². The first-order valence-corrected chi connectivity index (χ1v) is 9.59. The van der Waals surface area contributed by atoms with E-state index in [-0.39, 0.29) is 11.6 Å². The monoisotopic (exact) mass is 382 g/mol. The molecule has 1 heterocycles. The average molecular weight is 382 g/mol. The maximum Gasteiger partial charge on any atom is 0.271 e. The molecular weight excluding hydrogens is 356 g/mol. The molecule has 0 spiro atoms. The molecule has 28 heavy (non-hydrogen) atoms. The highest BCUT2D eigenvalue weighted by molar-refractivity contribution is 5.96. The summed E-state index contributed by atoms with van der Waals surface area (Å²) < 4.78 is 0. The third-order valence-electron chi connectivity index (χ3n) is 5.12. The van der Waals surface area contributed by atoms with E-state index < -0.39 is 11.0 Å². The summed E-state index contributed by atoms with van der Waals surface area (Å²) in [5.41, 5.74) is 2.41. The number of piperidine rings is 1. The zero-order chi connectivity index (χ0) is 20.1. The van der Waals surface area contributed by atoms with Gasteiger partial charge in [0, 0.05) is 42.3 Å². The largest absolute Gasteiger partial charge is 0.374 e. The smallest absolute Gasteiger partial charge is 0.271 e. The summed E-state index contributed by atoms with van der Waals surface area (Å²) in [7, 11) is 0. The minimum absolute atomic E-state index is 0.0545. The lowest BCUT2D eigenvalue weighted by atomic mass is 9.99. The average Bonchev–Trinajstić information content (AvgIpc) is 2.69. The topological polar surface area (TPSA) is 87.5 Å². The van der Waals surface area contributed by atoms with E-state index in [1.54, 1.807) is 19.1 Å². The van der Waals surface area contributed by atoms with Crippen LogP contribution in [0.5, 0.6) is 0 Å². The molecule has 7 heteroatoms. The summed E-state index contributed by atoms with van der Waals surface area (Å²) in [5, 5.41) is 16.7. The second kappa shape index (κ2) is 8.73. The molecule has 0 aromatic heterocycles. The van der Waals surface area contributed by atoms with Crippen molar-refractivity contribution in [1.82, 2.24) is 0 Å². The Balaban J connectivity index is 1.56. The number of rotatable bonds is 6. The number of non-ortho nitro benzene ring substituents is 1. The Bertz CT molecular complexity index is 830. The van der Waals surface area contributed by atoms with Crippen LogP contribution in [0.4, 0.5) is 22.7 Å². The summed E-state index contributed by atoms with van der Waals surface area (Å²) in [6.45, 7) is 6.21. The number of nitrogens with zero attached hydrogens (tertiary/aromatic N) is 2. The van der Waals surface area contributed by atoms with Crippen molar-refractivity contribution in [3.63, 3.8) is 0 Å². The van der Waals surface area contributed by atoms with Crippen LogP contribution in [0.3, 0.4) is 0 Å². The molecule has 0 saturated carbocycles. The lowest BCUT2D eigenvalue weighted by Gasteiger charge is -2.32. The van der Waals surface area contributed by atoms with Crippen LogP contribution in [0.25, 0.3) is 0 Å². The van der Waals surface area contributed by atoms with E-state index in [1.807, 2.05) is 12.1 Å². The van der Waals surface area contributed by atoms with E-state index in [9.17, 15) is 14.9 Å². The first-order chi connectivity index (χ1) is 13.4. The zero-order valence-electron chi connectivity index (χ0n) is 16.2. The van der Waals surface area contributed by atoms with E-state index in [4.69, 9.17) is 0 Å². The Morgan fingerprint density at radius 1 is 1.14 bits per heavy atom. The molecule has 0 bridgehead atoms. The Hall–Kier alpha value is -3.09. The molecule has 1 atom stereocenters. The van der Waals surface area contributed by atoms with Crippen LogP contribution in [0.1, 0.15) is 26.7 Å². The molecule has 0 radical (unpaired) electrons. The summed E-state index contributed by atoms with van der Waals surface area (Å²) in [6.07, 6.45) is 2.43. The van der Waals surface area contributed by atoms with Crippen LogP contribution >= 0.6 is 0 Å². The third kappa shape index (κ3) is 5.00. The maximum atomic E-state index is 12.4. The molecular formula is C21H26N4O3. The van der Waals surface area contributed by atoms with Gasteiger partial charge in [0.1, 0.15) is 6.04 Å². The molecule has 0 unspecified atom stereocenters. The van der Waals surface area contributed by atoms with Crippen molar-refractivity contribution in [3.05, 3.63) is 58.6 Å². The van der Waals surface area contributed by atoms with Gasteiger partial charge in [0.2, 0.25) is 5.91 Å². The predicted octanol–water partition coefficient (Wildman–Crippen LogP) is 4.27. The van der Waals surface area contributed by atoms with E-state index in [1.165, 1.54) is 30.7 Å². The van der Waals surface area contributed by atoms with Gasteiger partial charge in [-0.25, -0.2) is 0 Å². The van der Waals surface area contributed by atoms with Gasteiger partial charge < -0.3 is 15.5 Å². The van der Waals surface area contributed by atoms with Crippen LogP contribution in [0.2, 0.25) is 0 Å². The van der Waals surface area contributed by atoms with Crippen molar-refractivity contribution in [2.45, 2.75) is 32.7 Å². The van der Waals surface area contributed by atoms with E-state index in [0.717, 1.165) is 24.7 Å². The number of hydrogen-bond donors (Lipinski definition) is 2. The standard InChI is InChI=1S/C21H26N4O3/c1-15-10-12-24(13-11-15)19-8-6-17(7-9-19)22-16(2)21(26)23-18-4-3-5-20(14-18)25(27)28/h3-9,14-16,22H,10-13H2,1-2H3,(H,23,26)/t16-/m0/s1. The first-order valence-electron chi connectivity index (χ1n) is 9.59. The number of benzene rings is 2. The molecule has 2 N–H and O–H groups in total. The summed E-state index contributed by atoms with van der Waals surface area (Å²) in [6, 6.07) is 13.5. The fourth-order valence-corrected chi connectivity index (χ4v) is 3.30. The molecule has 1 fully saturated rings. The van der Waals surface area contributed by atoms with Gasteiger partial charge in [-0.15, -0.1) is 0 Å². The number of anilines is 3. The van der Waals surface area contributed by atoms with Gasteiger partial charge in [-0.3, -0.25) is 14.9 Å². The van der Waals surface area contributed by atoms with Crippen LogP contribution in [0.15, 0.2) is 48.5 Å². The number of nitro groups is 1. The SMILES string of the molecule is CC1CCN(c2ccc(N[C@@H](C)C(=O)Nc3cccc([N+](=O)[O-])c3)cc2)CC1. The summed E-state index contributed by atoms with van der Waals surface area (Å²) in [4.78, 5) is 25.1. The van der Waals surface area contributed by atoms with Gasteiger partial charge in [-0.2, -0.15) is 0 Å². The van der Waals surface area contributed by atoms with Crippen molar-refractivity contribution < 1.29 is 9.72 Å². The molecule has 1 saturated heterocycles. The highest BCUT2D eigenvalue weighted by Crippen LogP contribution is 2.24. The Labute approximate surface area is 164 Å². The molecule has 1 aliphatic heterocycles. The van der Waals surface area contributed by atoms with Crippen molar-refractivity contribution >= 4 is 28.7 Å². The van der Waals surface area contributed by atoms with Crippen molar-refractivity contribution in [2.75, 3.05) is 28.6 Å². The highest BCUT2D eigenvalue weighted by Gasteiger charge is 2.17. The lowest BCUT2D eigenvalue weighted by molar-refractivity contribution is -0.384. The Kier molecular flexibility index (Phi) is 6.13. The lowest BCUT2D eigenvalue weighted by Crippen LogP contribution is -2.33. The molecule has 0 aliphatic carbocycles. The Morgan fingerprint density at radius 3 is 2.46 bits per heavy atom. The zero-order valence-corrected chi connectivity index (χ0v) is 16.2. The highest BCUT2D eigenvalue weighted by atomic mass is 16.6. The normalized spacial score (nSPS) is 15.7. The second-order valence-electron chi connectivity index (χ2n) is 7.38. The van der Waals surface area contributed by atoms with E-state index in [2.05, 4.69) is 34.6 Å². The summed E-state index contributed by atoms with van der Waals surface area (Å²) in [5.74, 6) is 0.539. The minimum atomic E-state index is -0.485. The fourth-order valence-electron chi connectivity index (χ4n) is 3.30. The van der Waals surface area contributed by atoms with Crippen LogP contribution < -0.4 is 15.5 Å². The number of amides is 1. The third-order valence-corrected chi connectivity index (χ3v) is 5.12. The van der Waals surface area contributed by atoms with Crippen LogP contribution in [-0.4, -0.2) is 30.0 Å². The van der Waals surface area contributed by atoms with E-state index >= 15 is 0 Å². The second-order valence-corrected chi connectivity index (χ2v) is 7.38. The van der Waals surface area contributed by atoms with Crippen molar-refractivity contribution in [2.24, 2.45) is 5.92 Å². The van der Waals surface area contributed by atoms with Gasteiger partial charge in [0.05, 0.1) is 4.92 Å². The van der Waals surface area contributed by atoms with Gasteiger partial charge in [0.25, 0.3) is 5.69 Å². The predicted molar refractivity (Wildman–Crippen MR) is 112 cm³/mol. The molecule has 3 rings (SSSR count). The maximum absolute atomic E-state index is 12.4. The number of nitro benzene ring substituents is 1. The van der Waals surface area contributed by atoms with Gasteiger partial charge >= 0.3 is 0 Å². The number of nitrogens with one attached hydrogen (secondary N) is 2. The molecule has 2 aromatic carbocycles. The molecule has 7 nitrogen and oxygen atoms in total. The van der Waals surface area contributed by atoms with Crippen LogP contribution in [-0.2, 0) is 4.79 Å². The summed E-state index contributed by atoms with van der Waals surface area (Å²) >= 11 is 0. The number of hydrogen-bond acceptors (Lipinski definition) is 5. The number of carbonyl (C=O) groups is 1. The quantitative estimate of drug-likeness (QED) is 0.575. The molecule has 148 valence electrons. The molecule has 1 amide bonds. The first kappa shape index (κ1) is 19.7. The van der Waals surface area contributed by atoms with E-state index in [0.29, 0.717) is 5.69 Å².